The summed E-state index contributed by atoms with van der Waals surface area (Å²) in [7, 11) is -3.03. The molecule has 2 saturated heterocycles. The van der Waals surface area contributed by atoms with E-state index in [0.29, 0.717) is 11.6 Å². The van der Waals surface area contributed by atoms with Crippen molar-refractivity contribution < 1.29 is 13.2 Å². The van der Waals surface area contributed by atoms with Crippen LogP contribution in [0.5, 0.6) is 0 Å². The minimum atomic E-state index is -3.03. The Morgan fingerprint density at radius 2 is 2.09 bits per heavy atom. The first-order chi connectivity index (χ1) is 10.8. The number of carbonyl (C=O) groups excluding carboxylic acids is 1. The number of fused-ring (bicyclic) bond motifs is 1. The van der Waals surface area contributed by atoms with Gasteiger partial charge in [0.2, 0.25) is 5.91 Å². The lowest BCUT2D eigenvalue weighted by Crippen LogP contribution is -2.38. The zero-order valence-electron chi connectivity index (χ0n) is 13.4. The molecule has 2 heterocycles. The van der Waals surface area contributed by atoms with Crippen molar-refractivity contribution in [1.29, 1.82) is 0 Å². The molecule has 0 unspecified atom stereocenters. The number of thioether (sulfide) groups is 1. The number of benzene rings is 1. The number of aryl methyl sites for hydroxylation is 2. The van der Waals surface area contributed by atoms with Crippen LogP contribution in [0, 0.1) is 13.8 Å². The summed E-state index contributed by atoms with van der Waals surface area (Å²) < 4.78 is 24.0. The summed E-state index contributed by atoms with van der Waals surface area (Å²) >= 11 is 1.42. The first-order valence-corrected chi connectivity index (χ1v) is 10.4. The van der Waals surface area contributed by atoms with E-state index in [1.807, 2.05) is 30.9 Å². The summed E-state index contributed by atoms with van der Waals surface area (Å²) in [6.07, 6.45) is 0.346. The second kappa shape index (κ2) is 5.94. The van der Waals surface area contributed by atoms with Crippen LogP contribution < -0.4 is 4.90 Å². The van der Waals surface area contributed by atoms with Crippen LogP contribution in [-0.4, -0.2) is 42.3 Å². The number of amides is 1. The lowest BCUT2D eigenvalue weighted by Gasteiger charge is -2.26. The normalized spacial score (nSPS) is 27.4. The number of hydrogen-bond acceptors (Lipinski definition) is 4. The fourth-order valence-corrected chi connectivity index (χ4v) is 7.03. The zero-order chi connectivity index (χ0) is 16.8. The van der Waals surface area contributed by atoms with Gasteiger partial charge >= 0.3 is 0 Å². The van der Waals surface area contributed by atoms with Crippen LogP contribution >= 0.6 is 11.8 Å². The molecule has 0 spiro atoms. The topological polar surface area (TPSA) is 66.8 Å². The minimum absolute atomic E-state index is 0.0518. The number of amidine groups is 1. The Morgan fingerprint density at radius 1 is 1.35 bits per heavy atom. The van der Waals surface area contributed by atoms with Crippen molar-refractivity contribution in [3.05, 3.63) is 29.3 Å². The molecule has 0 N–H and O–H groups in total. The van der Waals surface area contributed by atoms with Gasteiger partial charge in [0.15, 0.2) is 15.0 Å². The molecule has 23 heavy (non-hydrogen) atoms. The highest BCUT2D eigenvalue weighted by Crippen LogP contribution is 2.42. The van der Waals surface area contributed by atoms with Crippen molar-refractivity contribution in [1.82, 2.24) is 0 Å². The SMILES string of the molecule is CCC(=O)N=C1S[C@@H]2CS(=O)(=O)C[C@@H]2N1c1ccc(C)cc1C. The van der Waals surface area contributed by atoms with Gasteiger partial charge in [-0.15, -0.1) is 0 Å². The molecule has 1 amide bonds. The summed E-state index contributed by atoms with van der Waals surface area (Å²) in [5, 5.41) is 0.581. The molecule has 0 aromatic heterocycles. The lowest BCUT2D eigenvalue weighted by atomic mass is 10.1. The average Bonchev–Trinajstić information content (AvgIpc) is 2.91. The highest BCUT2D eigenvalue weighted by atomic mass is 32.2. The van der Waals surface area contributed by atoms with Crippen LogP contribution in [-0.2, 0) is 14.6 Å². The Balaban J connectivity index is 2.06. The lowest BCUT2D eigenvalue weighted by molar-refractivity contribution is -0.117. The van der Waals surface area contributed by atoms with Gasteiger partial charge in [0.05, 0.1) is 17.5 Å². The monoisotopic (exact) mass is 352 g/mol. The van der Waals surface area contributed by atoms with Crippen molar-refractivity contribution in [3.63, 3.8) is 0 Å². The predicted octanol–water partition coefficient (Wildman–Crippen LogP) is 2.31. The van der Waals surface area contributed by atoms with E-state index in [4.69, 9.17) is 0 Å². The fraction of sp³-hybridized carbons (Fsp3) is 0.500. The maximum Gasteiger partial charge on any atom is 0.247 e. The highest BCUT2D eigenvalue weighted by Gasteiger charge is 2.49. The Morgan fingerprint density at radius 3 is 2.74 bits per heavy atom. The van der Waals surface area contributed by atoms with E-state index < -0.39 is 9.84 Å². The molecule has 0 aliphatic carbocycles. The maximum atomic E-state index is 12.0. The van der Waals surface area contributed by atoms with E-state index in [-0.39, 0.29) is 28.7 Å². The van der Waals surface area contributed by atoms with Gasteiger partial charge < -0.3 is 4.90 Å². The largest absolute Gasteiger partial charge is 0.315 e. The summed E-state index contributed by atoms with van der Waals surface area (Å²) in [5.41, 5.74) is 3.15. The Bertz CT molecular complexity index is 787. The van der Waals surface area contributed by atoms with Crippen molar-refractivity contribution in [2.45, 2.75) is 38.5 Å². The molecule has 0 saturated carbocycles. The van der Waals surface area contributed by atoms with Gasteiger partial charge in [-0.1, -0.05) is 36.4 Å². The van der Waals surface area contributed by atoms with Gasteiger partial charge in [-0.25, -0.2) is 8.42 Å². The second-order valence-electron chi connectivity index (χ2n) is 6.10. The first kappa shape index (κ1) is 16.5. The van der Waals surface area contributed by atoms with Gasteiger partial charge in [0.25, 0.3) is 0 Å². The Labute approximate surface area is 141 Å². The zero-order valence-corrected chi connectivity index (χ0v) is 15.1. The van der Waals surface area contributed by atoms with Crippen molar-refractivity contribution in [2.75, 3.05) is 16.4 Å². The van der Waals surface area contributed by atoms with Gasteiger partial charge in [-0.2, -0.15) is 4.99 Å². The molecule has 124 valence electrons. The Hall–Kier alpha value is -1.34. The van der Waals surface area contributed by atoms with Gasteiger partial charge in [0, 0.05) is 17.4 Å². The van der Waals surface area contributed by atoms with Gasteiger partial charge in [0.1, 0.15) is 0 Å². The molecule has 5 nitrogen and oxygen atoms in total. The standard InChI is InChI=1S/C16H20N2O3S2/c1-4-15(19)17-16-18(12-6-5-10(2)7-11(12)3)13-8-23(20,21)9-14(13)22-16/h5-7,13-14H,4,8-9H2,1-3H3/t13-,14+/m0/s1. The maximum absolute atomic E-state index is 12.0. The molecule has 2 fully saturated rings. The average molecular weight is 352 g/mol. The number of aliphatic imine (C=N–C) groups is 1. The summed E-state index contributed by atoms with van der Waals surface area (Å²) in [6.45, 7) is 5.80. The van der Waals surface area contributed by atoms with Crippen LogP contribution in [0.3, 0.4) is 0 Å². The van der Waals surface area contributed by atoms with Crippen molar-refractivity contribution in [3.8, 4) is 0 Å². The van der Waals surface area contributed by atoms with E-state index in [9.17, 15) is 13.2 Å². The van der Waals surface area contributed by atoms with Crippen LogP contribution in [0.15, 0.2) is 23.2 Å². The number of anilines is 1. The number of nitrogens with zero attached hydrogens (tertiary/aromatic N) is 2. The molecular weight excluding hydrogens is 332 g/mol. The molecule has 0 bridgehead atoms. The third kappa shape index (κ3) is 3.17. The van der Waals surface area contributed by atoms with Crippen LogP contribution in [0.25, 0.3) is 0 Å². The van der Waals surface area contributed by atoms with Crippen molar-refractivity contribution >= 4 is 38.4 Å². The minimum Gasteiger partial charge on any atom is -0.315 e. The molecule has 7 heteroatoms. The van der Waals surface area contributed by atoms with Crippen LogP contribution in [0.4, 0.5) is 5.69 Å². The third-order valence-electron chi connectivity index (χ3n) is 4.20. The van der Waals surface area contributed by atoms with E-state index in [0.717, 1.165) is 16.8 Å². The Kier molecular flexibility index (Phi) is 4.27. The molecular formula is C16H20N2O3S2. The summed E-state index contributed by atoms with van der Waals surface area (Å²) in [4.78, 5) is 18.0. The number of rotatable bonds is 2. The molecule has 3 rings (SSSR count). The van der Waals surface area contributed by atoms with Gasteiger partial charge in [-0.3, -0.25) is 4.79 Å². The highest BCUT2D eigenvalue weighted by molar-refractivity contribution is 8.16. The summed E-state index contributed by atoms with van der Waals surface area (Å²) in [6, 6.07) is 5.92. The second-order valence-corrected chi connectivity index (χ2v) is 9.46. The predicted molar refractivity (Wildman–Crippen MR) is 94.9 cm³/mol. The first-order valence-electron chi connectivity index (χ1n) is 7.66. The van der Waals surface area contributed by atoms with E-state index >= 15 is 0 Å². The van der Waals surface area contributed by atoms with E-state index in [2.05, 4.69) is 11.1 Å². The summed E-state index contributed by atoms with van der Waals surface area (Å²) in [5.74, 6) is 0.102. The fourth-order valence-electron chi connectivity index (χ4n) is 3.11. The molecule has 0 radical (unpaired) electrons. The van der Waals surface area contributed by atoms with Crippen LogP contribution in [0.1, 0.15) is 24.5 Å². The molecule has 1 aromatic rings. The van der Waals surface area contributed by atoms with E-state index in [1.165, 1.54) is 11.8 Å². The molecule has 2 aliphatic heterocycles. The van der Waals surface area contributed by atoms with Gasteiger partial charge in [-0.05, 0) is 25.5 Å². The number of hydrogen-bond donors (Lipinski definition) is 0. The molecule has 2 atom stereocenters. The number of sulfone groups is 1. The molecule has 2 aliphatic rings. The smallest absolute Gasteiger partial charge is 0.247 e. The van der Waals surface area contributed by atoms with Crippen LogP contribution in [0.2, 0.25) is 0 Å². The molecule has 1 aromatic carbocycles. The number of carbonyl (C=O) groups is 1. The van der Waals surface area contributed by atoms with Crippen molar-refractivity contribution in [2.24, 2.45) is 4.99 Å². The third-order valence-corrected chi connectivity index (χ3v) is 7.41. The van der Waals surface area contributed by atoms with E-state index in [1.54, 1.807) is 6.92 Å². The quantitative estimate of drug-likeness (QED) is 0.817.